The number of benzene rings is 1. The van der Waals surface area contributed by atoms with Gasteiger partial charge < -0.3 is 9.74 Å². The van der Waals surface area contributed by atoms with E-state index in [4.69, 9.17) is 4.84 Å². The van der Waals surface area contributed by atoms with Gasteiger partial charge in [-0.25, -0.2) is 4.39 Å². The summed E-state index contributed by atoms with van der Waals surface area (Å²) in [6.07, 6.45) is 2.65. The van der Waals surface area contributed by atoms with E-state index in [-0.39, 0.29) is 17.8 Å². The molecule has 23 heavy (non-hydrogen) atoms. The third-order valence-corrected chi connectivity index (χ3v) is 3.62. The first-order chi connectivity index (χ1) is 11.0. The number of amides is 1. The summed E-state index contributed by atoms with van der Waals surface area (Å²) >= 11 is 0. The molecule has 0 saturated heterocycles. The fourth-order valence-electron chi connectivity index (χ4n) is 2.50. The first-order valence-electron chi connectivity index (χ1n) is 7.87. The minimum Gasteiger partial charge on any atom is -0.390 e. The van der Waals surface area contributed by atoms with Gasteiger partial charge in [0.1, 0.15) is 5.82 Å². The van der Waals surface area contributed by atoms with Crippen molar-refractivity contribution in [1.82, 2.24) is 4.90 Å². The fourth-order valence-corrected chi connectivity index (χ4v) is 2.50. The van der Waals surface area contributed by atoms with Crippen LogP contribution in [-0.4, -0.2) is 35.7 Å². The van der Waals surface area contributed by atoms with E-state index >= 15 is 0 Å². The van der Waals surface area contributed by atoms with Crippen LogP contribution in [0.5, 0.6) is 0 Å². The van der Waals surface area contributed by atoms with Gasteiger partial charge in [0, 0.05) is 19.4 Å². The standard InChI is InChI=1S/C18H23FN2O2/c1-4-9-21(18(22)10-13(2)3)12-16-11-17(20-23-16)14-5-7-15(19)8-6-14/h4-8,13,16H,1,9-12H2,2-3H3/t16-/m1/s1. The lowest BCUT2D eigenvalue weighted by Crippen LogP contribution is -2.38. The van der Waals surface area contributed by atoms with Crippen molar-refractivity contribution in [2.45, 2.75) is 32.8 Å². The molecular formula is C18H23FN2O2. The molecule has 0 spiro atoms. The lowest BCUT2D eigenvalue weighted by atomic mass is 10.0. The van der Waals surface area contributed by atoms with Crippen LogP contribution in [0.3, 0.4) is 0 Å². The Hall–Kier alpha value is -2.17. The Morgan fingerprint density at radius 1 is 1.48 bits per heavy atom. The minimum absolute atomic E-state index is 0.0960. The van der Waals surface area contributed by atoms with Crippen LogP contribution in [-0.2, 0) is 9.63 Å². The smallest absolute Gasteiger partial charge is 0.223 e. The number of halogens is 1. The zero-order valence-corrected chi connectivity index (χ0v) is 13.7. The largest absolute Gasteiger partial charge is 0.390 e. The van der Waals surface area contributed by atoms with E-state index in [0.717, 1.165) is 11.3 Å². The molecule has 2 rings (SSSR count). The zero-order chi connectivity index (χ0) is 16.8. The molecule has 4 nitrogen and oxygen atoms in total. The van der Waals surface area contributed by atoms with Crippen LogP contribution in [0.4, 0.5) is 4.39 Å². The van der Waals surface area contributed by atoms with Crippen LogP contribution in [0.25, 0.3) is 0 Å². The van der Waals surface area contributed by atoms with Gasteiger partial charge in [0.15, 0.2) is 6.10 Å². The number of carbonyl (C=O) groups excluding carboxylic acids is 1. The van der Waals surface area contributed by atoms with E-state index < -0.39 is 0 Å². The molecule has 0 bridgehead atoms. The fraction of sp³-hybridized carbons (Fsp3) is 0.444. The van der Waals surface area contributed by atoms with Crippen molar-refractivity contribution in [3.05, 3.63) is 48.3 Å². The van der Waals surface area contributed by atoms with Crippen molar-refractivity contribution in [2.75, 3.05) is 13.1 Å². The SMILES string of the molecule is C=CCN(C[C@H]1CC(c2ccc(F)cc2)=NO1)C(=O)CC(C)C. The van der Waals surface area contributed by atoms with E-state index in [1.807, 2.05) is 13.8 Å². The maximum absolute atomic E-state index is 13.0. The summed E-state index contributed by atoms with van der Waals surface area (Å²) in [4.78, 5) is 19.5. The van der Waals surface area contributed by atoms with Crippen molar-refractivity contribution in [3.63, 3.8) is 0 Å². The maximum atomic E-state index is 13.0. The molecule has 1 aliphatic heterocycles. The highest BCUT2D eigenvalue weighted by atomic mass is 19.1. The molecule has 0 radical (unpaired) electrons. The van der Waals surface area contributed by atoms with E-state index in [1.165, 1.54) is 12.1 Å². The second kappa shape index (κ2) is 7.90. The first-order valence-corrected chi connectivity index (χ1v) is 7.87. The van der Waals surface area contributed by atoms with Gasteiger partial charge in [-0.15, -0.1) is 6.58 Å². The van der Waals surface area contributed by atoms with Crippen LogP contribution in [0.2, 0.25) is 0 Å². The van der Waals surface area contributed by atoms with Gasteiger partial charge in [0.2, 0.25) is 5.91 Å². The number of rotatable bonds is 7. The van der Waals surface area contributed by atoms with Gasteiger partial charge in [0.25, 0.3) is 0 Å². The minimum atomic E-state index is -0.277. The molecule has 1 aromatic rings. The Kier molecular flexibility index (Phi) is 5.90. The van der Waals surface area contributed by atoms with Crippen LogP contribution in [0.1, 0.15) is 32.3 Å². The van der Waals surface area contributed by atoms with E-state index in [2.05, 4.69) is 11.7 Å². The molecule has 0 unspecified atom stereocenters. The maximum Gasteiger partial charge on any atom is 0.223 e. The molecule has 1 aliphatic rings. The predicted molar refractivity (Wildman–Crippen MR) is 88.7 cm³/mol. The van der Waals surface area contributed by atoms with Gasteiger partial charge in [-0.05, 0) is 23.6 Å². The average Bonchev–Trinajstić information content (AvgIpc) is 2.95. The Bertz CT molecular complexity index is 581. The van der Waals surface area contributed by atoms with Crippen molar-refractivity contribution in [1.29, 1.82) is 0 Å². The van der Waals surface area contributed by atoms with Gasteiger partial charge in [-0.2, -0.15) is 0 Å². The molecule has 0 fully saturated rings. The number of oxime groups is 1. The lowest BCUT2D eigenvalue weighted by molar-refractivity contribution is -0.133. The van der Waals surface area contributed by atoms with E-state index in [9.17, 15) is 9.18 Å². The molecule has 0 saturated carbocycles. The number of nitrogens with zero attached hydrogens (tertiary/aromatic N) is 2. The van der Waals surface area contributed by atoms with Crippen LogP contribution >= 0.6 is 0 Å². The molecule has 1 atom stereocenters. The van der Waals surface area contributed by atoms with Crippen molar-refractivity contribution >= 4 is 11.6 Å². The normalized spacial score (nSPS) is 16.9. The Balaban J connectivity index is 1.94. The molecule has 124 valence electrons. The summed E-state index contributed by atoms with van der Waals surface area (Å²) < 4.78 is 13.0. The Morgan fingerprint density at radius 3 is 2.78 bits per heavy atom. The predicted octanol–water partition coefficient (Wildman–Crippen LogP) is 3.38. The lowest BCUT2D eigenvalue weighted by Gasteiger charge is -2.24. The summed E-state index contributed by atoms with van der Waals surface area (Å²) in [5.74, 6) is 0.130. The van der Waals surface area contributed by atoms with E-state index in [1.54, 1.807) is 23.1 Å². The molecule has 5 heteroatoms. The summed E-state index contributed by atoms with van der Waals surface area (Å²) in [5.41, 5.74) is 1.63. The van der Waals surface area contributed by atoms with Gasteiger partial charge in [-0.1, -0.05) is 37.2 Å². The monoisotopic (exact) mass is 318 g/mol. The third-order valence-electron chi connectivity index (χ3n) is 3.62. The second-order valence-corrected chi connectivity index (χ2v) is 6.16. The van der Waals surface area contributed by atoms with Crippen LogP contribution < -0.4 is 0 Å². The molecule has 0 N–H and O–H groups in total. The van der Waals surface area contributed by atoms with Crippen LogP contribution in [0, 0.1) is 11.7 Å². The molecule has 1 amide bonds. The molecule has 1 heterocycles. The number of carbonyl (C=O) groups is 1. The third kappa shape index (κ3) is 4.91. The van der Waals surface area contributed by atoms with Crippen molar-refractivity contribution < 1.29 is 14.0 Å². The quantitative estimate of drug-likeness (QED) is 0.723. The van der Waals surface area contributed by atoms with Crippen molar-refractivity contribution in [3.8, 4) is 0 Å². The highest BCUT2D eigenvalue weighted by molar-refractivity contribution is 6.01. The molecular weight excluding hydrogens is 295 g/mol. The average molecular weight is 318 g/mol. The summed E-state index contributed by atoms with van der Waals surface area (Å²) in [6, 6.07) is 6.18. The van der Waals surface area contributed by atoms with Crippen LogP contribution in [0.15, 0.2) is 42.1 Å². The zero-order valence-electron chi connectivity index (χ0n) is 13.7. The topological polar surface area (TPSA) is 41.9 Å². The summed E-state index contributed by atoms with van der Waals surface area (Å²) in [6.45, 7) is 8.72. The summed E-state index contributed by atoms with van der Waals surface area (Å²) in [7, 11) is 0. The molecule has 0 aliphatic carbocycles. The second-order valence-electron chi connectivity index (χ2n) is 6.16. The highest BCUT2D eigenvalue weighted by Gasteiger charge is 2.26. The first kappa shape index (κ1) is 17.2. The van der Waals surface area contributed by atoms with Gasteiger partial charge >= 0.3 is 0 Å². The van der Waals surface area contributed by atoms with E-state index in [0.29, 0.717) is 31.8 Å². The van der Waals surface area contributed by atoms with Crippen molar-refractivity contribution in [2.24, 2.45) is 11.1 Å². The molecule has 1 aromatic carbocycles. The molecule has 0 aromatic heterocycles. The summed E-state index contributed by atoms with van der Waals surface area (Å²) in [5, 5.41) is 4.08. The number of hydrogen-bond acceptors (Lipinski definition) is 3. The highest BCUT2D eigenvalue weighted by Crippen LogP contribution is 2.18. The Morgan fingerprint density at radius 2 is 2.17 bits per heavy atom. The number of hydrogen-bond donors (Lipinski definition) is 0. The van der Waals surface area contributed by atoms with Gasteiger partial charge in [-0.3, -0.25) is 4.79 Å². The van der Waals surface area contributed by atoms with Gasteiger partial charge in [0.05, 0.1) is 12.3 Å². The Labute approximate surface area is 136 Å².